The van der Waals surface area contributed by atoms with E-state index in [1.165, 1.54) is 11.3 Å². The molecule has 1 aliphatic heterocycles. The zero-order valence-electron chi connectivity index (χ0n) is 9.06. The minimum Gasteiger partial charge on any atom is -0.368 e. The van der Waals surface area contributed by atoms with Crippen LogP contribution in [-0.4, -0.2) is 42.0 Å². The smallest absolute Gasteiger partial charge is 0.241 e. The Labute approximate surface area is 98.7 Å². The number of hydrogen-bond donors (Lipinski definition) is 2. The maximum Gasteiger partial charge on any atom is 0.241 e. The number of carbonyl (C=O) groups is 1. The molecule has 16 heavy (non-hydrogen) atoms. The highest BCUT2D eigenvalue weighted by Crippen LogP contribution is 2.22. The van der Waals surface area contributed by atoms with Crippen molar-refractivity contribution in [2.75, 3.05) is 26.2 Å². The number of primary amides is 1. The molecule has 2 heterocycles. The van der Waals surface area contributed by atoms with E-state index in [1.807, 2.05) is 5.38 Å². The Morgan fingerprint density at radius 3 is 3.12 bits per heavy atom. The molecular weight excluding hydrogens is 224 g/mol. The van der Waals surface area contributed by atoms with Crippen molar-refractivity contribution < 1.29 is 4.79 Å². The number of nitrogens with zero attached hydrogens (tertiary/aromatic N) is 2. The van der Waals surface area contributed by atoms with Crippen LogP contribution in [0.25, 0.3) is 0 Å². The van der Waals surface area contributed by atoms with Gasteiger partial charge in [0.25, 0.3) is 0 Å². The SMILES string of the molecule is NC(=O)C(c1nccs1)N1CCCNCC1. The number of amides is 1. The van der Waals surface area contributed by atoms with E-state index in [9.17, 15) is 4.79 Å². The van der Waals surface area contributed by atoms with Gasteiger partial charge in [0, 0.05) is 31.2 Å². The lowest BCUT2D eigenvalue weighted by molar-refractivity contribution is -0.123. The van der Waals surface area contributed by atoms with Gasteiger partial charge in [0.05, 0.1) is 0 Å². The minimum absolute atomic E-state index is 0.308. The number of thiazole rings is 1. The lowest BCUT2D eigenvalue weighted by Gasteiger charge is -2.26. The van der Waals surface area contributed by atoms with Crippen molar-refractivity contribution >= 4 is 17.2 Å². The topological polar surface area (TPSA) is 71.2 Å². The molecule has 6 heteroatoms. The highest BCUT2D eigenvalue weighted by Gasteiger charge is 2.28. The second kappa shape index (κ2) is 5.38. The second-order valence-electron chi connectivity index (χ2n) is 3.81. The van der Waals surface area contributed by atoms with Crippen molar-refractivity contribution in [1.29, 1.82) is 0 Å². The zero-order valence-corrected chi connectivity index (χ0v) is 9.87. The molecule has 0 radical (unpaired) electrons. The predicted octanol–water partition coefficient (Wildman–Crippen LogP) is -0.0352. The van der Waals surface area contributed by atoms with Crippen LogP contribution in [0.4, 0.5) is 0 Å². The molecule has 0 saturated carbocycles. The molecule has 1 atom stereocenters. The molecule has 1 fully saturated rings. The number of nitrogens with two attached hydrogens (primary N) is 1. The highest BCUT2D eigenvalue weighted by atomic mass is 32.1. The normalized spacial score (nSPS) is 20.2. The second-order valence-corrected chi connectivity index (χ2v) is 4.74. The van der Waals surface area contributed by atoms with Gasteiger partial charge < -0.3 is 11.1 Å². The third-order valence-corrected chi connectivity index (χ3v) is 3.52. The monoisotopic (exact) mass is 240 g/mol. The van der Waals surface area contributed by atoms with Gasteiger partial charge in [0.1, 0.15) is 11.0 Å². The van der Waals surface area contributed by atoms with E-state index >= 15 is 0 Å². The third-order valence-electron chi connectivity index (χ3n) is 2.69. The zero-order chi connectivity index (χ0) is 11.4. The fourth-order valence-corrected chi connectivity index (χ4v) is 2.73. The van der Waals surface area contributed by atoms with Crippen LogP contribution in [0.2, 0.25) is 0 Å². The Morgan fingerprint density at radius 2 is 2.44 bits per heavy atom. The van der Waals surface area contributed by atoms with E-state index in [0.717, 1.165) is 37.6 Å². The molecule has 0 aromatic carbocycles. The van der Waals surface area contributed by atoms with Crippen LogP contribution < -0.4 is 11.1 Å². The van der Waals surface area contributed by atoms with Crippen molar-refractivity contribution in [3.63, 3.8) is 0 Å². The minimum atomic E-state index is -0.361. The van der Waals surface area contributed by atoms with Gasteiger partial charge in [-0.2, -0.15) is 0 Å². The summed E-state index contributed by atoms with van der Waals surface area (Å²) in [4.78, 5) is 17.8. The van der Waals surface area contributed by atoms with Crippen LogP contribution >= 0.6 is 11.3 Å². The molecule has 2 rings (SSSR count). The van der Waals surface area contributed by atoms with Gasteiger partial charge >= 0.3 is 0 Å². The predicted molar refractivity (Wildman–Crippen MR) is 63.1 cm³/mol. The fourth-order valence-electron chi connectivity index (χ4n) is 1.95. The number of nitrogens with one attached hydrogen (secondary N) is 1. The molecule has 0 bridgehead atoms. The first-order valence-corrected chi connectivity index (χ1v) is 6.30. The number of aromatic nitrogens is 1. The molecule has 1 unspecified atom stereocenters. The average Bonchev–Trinajstić information content (AvgIpc) is 2.62. The van der Waals surface area contributed by atoms with Crippen molar-refractivity contribution in [3.05, 3.63) is 16.6 Å². The quantitative estimate of drug-likeness (QED) is 0.778. The van der Waals surface area contributed by atoms with E-state index in [4.69, 9.17) is 5.73 Å². The van der Waals surface area contributed by atoms with Crippen LogP contribution in [0, 0.1) is 0 Å². The van der Waals surface area contributed by atoms with Gasteiger partial charge in [0.15, 0.2) is 0 Å². The Bertz CT molecular complexity index is 333. The summed E-state index contributed by atoms with van der Waals surface area (Å²) in [6.07, 6.45) is 2.75. The summed E-state index contributed by atoms with van der Waals surface area (Å²) in [5, 5.41) is 5.98. The largest absolute Gasteiger partial charge is 0.368 e. The van der Waals surface area contributed by atoms with E-state index in [-0.39, 0.29) is 11.9 Å². The first-order valence-electron chi connectivity index (χ1n) is 5.42. The Morgan fingerprint density at radius 1 is 1.56 bits per heavy atom. The highest BCUT2D eigenvalue weighted by molar-refractivity contribution is 7.09. The Balaban J connectivity index is 2.15. The first-order chi connectivity index (χ1) is 7.79. The molecule has 3 N–H and O–H groups in total. The summed E-state index contributed by atoms with van der Waals surface area (Å²) in [7, 11) is 0. The standard InChI is InChI=1S/C10H16N4OS/c11-9(15)8(10-13-4-7-16-10)14-5-1-2-12-3-6-14/h4,7-8,12H,1-3,5-6H2,(H2,11,15). The Kier molecular flexibility index (Phi) is 3.87. The van der Waals surface area contributed by atoms with Crippen LogP contribution in [0.15, 0.2) is 11.6 Å². The first kappa shape index (κ1) is 11.5. The molecule has 1 saturated heterocycles. The van der Waals surface area contributed by atoms with Crippen molar-refractivity contribution in [3.8, 4) is 0 Å². The van der Waals surface area contributed by atoms with E-state index in [0.29, 0.717) is 0 Å². The lowest BCUT2D eigenvalue weighted by Crippen LogP contribution is -2.39. The molecular formula is C10H16N4OS. The van der Waals surface area contributed by atoms with Crippen LogP contribution in [0.1, 0.15) is 17.5 Å². The van der Waals surface area contributed by atoms with Gasteiger partial charge in [-0.25, -0.2) is 4.98 Å². The van der Waals surface area contributed by atoms with Gasteiger partial charge in [0.2, 0.25) is 5.91 Å². The van der Waals surface area contributed by atoms with Crippen LogP contribution in [0.5, 0.6) is 0 Å². The third kappa shape index (κ3) is 2.58. The number of rotatable bonds is 3. The number of carbonyl (C=O) groups excluding carboxylic acids is 1. The summed E-state index contributed by atoms with van der Waals surface area (Å²) in [6.45, 7) is 3.63. The number of hydrogen-bond acceptors (Lipinski definition) is 5. The van der Waals surface area contributed by atoms with E-state index in [1.54, 1.807) is 6.20 Å². The van der Waals surface area contributed by atoms with Gasteiger partial charge in [-0.05, 0) is 13.0 Å². The molecule has 5 nitrogen and oxygen atoms in total. The average molecular weight is 240 g/mol. The van der Waals surface area contributed by atoms with Gasteiger partial charge in [-0.15, -0.1) is 11.3 Å². The van der Waals surface area contributed by atoms with Crippen molar-refractivity contribution in [1.82, 2.24) is 15.2 Å². The maximum atomic E-state index is 11.5. The Hall–Kier alpha value is -0.980. The van der Waals surface area contributed by atoms with Crippen molar-refractivity contribution in [2.45, 2.75) is 12.5 Å². The van der Waals surface area contributed by atoms with Crippen LogP contribution in [-0.2, 0) is 4.79 Å². The summed E-state index contributed by atoms with van der Waals surface area (Å²) < 4.78 is 0. The molecule has 88 valence electrons. The lowest BCUT2D eigenvalue weighted by atomic mass is 10.2. The molecule has 1 aliphatic rings. The maximum absolute atomic E-state index is 11.5. The van der Waals surface area contributed by atoms with Gasteiger partial charge in [-0.1, -0.05) is 0 Å². The summed E-state index contributed by atoms with van der Waals surface area (Å²) in [5.74, 6) is -0.308. The van der Waals surface area contributed by atoms with E-state index in [2.05, 4.69) is 15.2 Å². The molecule has 1 aromatic rings. The summed E-state index contributed by atoms with van der Waals surface area (Å²) >= 11 is 1.49. The molecule has 0 spiro atoms. The molecule has 1 aromatic heterocycles. The van der Waals surface area contributed by atoms with Crippen LogP contribution in [0.3, 0.4) is 0 Å². The van der Waals surface area contributed by atoms with E-state index < -0.39 is 0 Å². The molecule has 0 aliphatic carbocycles. The fraction of sp³-hybridized carbons (Fsp3) is 0.600. The van der Waals surface area contributed by atoms with Crippen molar-refractivity contribution in [2.24, 2.45) is 5.73 Å². The summed E-state index contributed by atoms with van der Waals surface area (Å²) in [5.41, 5.74) is 5.48. The molecule has 1 amide bonds. The summed E-state index contributed by atoms with van der Waals surface area (Å²) in [6, 6.07) is -0.361. The van der Waals surface area contributed by atoms with Gasteiger partial charge in [-0.3, -0.25) is 9.69 Å².